The molecular weight excluding hydrogens is 344 g/mol. The minimum absolute atomic E-state index is 0.638. The number of hydrogen-bond acceptors (Lipinski definition) is 3. The molecule has 0 aliphatic carbocycles. The van der Waals surface area contributed by atoms with E-state index >= 15 is 0 Å². The summed E-state index contributed by atoms with van der Waals surface area (Å²) in [4.78, 5) is 0. The molecule has 0 amide bonds. The van der Waals surface area contributed by atoms with Gasteiger partial charge in [0, 0.05) is 13.2 Å². The highest BCUT2D eigenvalue weighted by Gasteiger charge is 2.28. The zero-order valence-corrected chi connectivity index (χ0v) is 18.8. The molecule has 0 spiro atoms. The second kappa shape index (κ2) is 14.4. The second-order valence-corrected chi connectivity index (χ2v) is 15.0. The van der Waals surface area contributed by atoms with E-state index in [1.165, 1.54) is 0 Å². The Morgan fingerprint density at radius 1 is 0.720 bits per heavy atom. The highest BCUT2D eigenvalue weighted by Crippen LogP contribution is 2.17. The van der Waals surface area contributed by atoms with Crippen molar-refractivity contribution in [2.45, 2.75) is 51.9 Å². The first kappa shape index (κ1) is 24.3. The molecule has 0 aromatic carbocycles. The Kier molecular flexibility index (Phi) is 14.0. The summed E-state index contributed by atoms with van der Waals surface area (Å²) in [7, 11) is -3.53. The van der Waals surface area contributed by atoms with Gasteiger partial charge in [-0.05, 0) is 51.9 Å². The summed E-state index contributed by atoms with van der Waals surface area (Å²) in [5, 5.41) is 0. The summed E-state index contributed by atoms with van der Waals surface area (Å²) in [6, 6.07) is 0. The Hall–Kier alpha value is -0.726. The lowest BCUT2D eigenvalue weighted by atomic mass is 10.3. The predicted octanol–water partition coefficient (Wildman–Crippen LogP) is 5.57. The molecule has 0 N–H and O–H groups in total. The van der Waals surface area contributed by atoms with Gasteiger partial charge in [-0.25, -0.2) is 0 Å². The first-order valence-corrected chi connectivity index (χ1v) is 15.2. The van der Waals surface area contributed by atoms with Gasteiger partial charge in [0.2, 0.25) is 0 Å². The van der Waals surface area contributed by atoms with E-state index in [0.29, 0.717) is 13.2 Å². The van der Waals surface area contributed by atoms with Crippen LogP contribution < -0.4 is 0 Å². The van der Waals surface area contributed by atoms with Crippen LogP contribution in [0.2, 0.25) is 26.2 Å². The third-order valence-electron chi connectivity index (χ3n) is 3.35. The van der Waals surface area contributed by atoms with E-state index in [1.807, 2.05) is 0 Å². The van der Waals surface area contributed by atoms with Crippen molar-refractivity contribution in [1.29, 1.82) is 0 Å². The largest absolute Gasteiger partial charge is 0.449 e. The van der Waals surface area contributed by atoms with Gasteiger partial charge in [-0.1, -0.05) is 35.7 Å². The number of unbranched alkanes of at least 4 members (excludes halogenated alkanes) is 2. The summed E-state index contributed by atoms with van der Waals surface area (Å²) < 4.78 is 17.3. The van der Waals surface area contributed by atoms with Gasteiger partial charge in [0.05, 0.1) is 13.2 Å². The van der Waals surface area contributed by atoms with Crippen LogP contribution in [0.1, 0.15) is 25.7 Å². The Morgan fingerprint density at radius 3 is 1.48 bits per heavy atom. The molecule has 144 valence electrons. The standard InChI is InChI=1S/C20H38O3Si2/c1-7-15-21-17-11-9-13-19-24(3,4)23-25(5,6)20-14-10-12-18-22-16-8-2/h7-8,13-14,19-20H,1-2,9-12,15-18H2,3-6H3/b19-13+,20-14+. The summed E-state index contributed by atoms with van der Waals surface area (Å²) in [6.45, 7) is 19.2. The lowest BCUT2D eigenvalue weighted by molar-refractivity contribution is 0.160. The molecule has 0 unspecified atom stereocenters. The Bertz CT molecular complexity index is 377. The summed E-state index contributed by atoms with van der Waals surface area (Å²) in [6.07, 6.45) is 12.3. The van der Waals surface area contributed by atoms with E-state index in [1.54, 1.807) is 12.2 Å². The lowest BCUT2D eigenvalue weighted by Gasteiger charge is -2.29. The monoisotopic (exact) mass is 382 g/mol. The van der Waals surface area contributed by atoms with Crippen LogP contribution in [-0.2, 0) is 13.6 Å². The van der Waals surface area contributed by atoms with E-state index in [0.717, 1.165) is 38.9 Å². The van der Waals surface area contributed by atoms with Crippen LogP contribution in [0, 0.1) is 0 Å². The van der Waals surface area contributed by atoms with E-state index in [4.69, 9.17) is 13.6 Å². The first-order chi connectivity index (χ1) is 11.8. The van der Waals surface area contributed by atoms with E-state index in [2.05, 4.69) is 62.9 Å². The van der Waals surface area contributed by atoms with Crippen LogP contribution in [0.4, 0.5) is 0 Å². The van der Waals surface area contributed by atoms with Crippen LogP contribution in [0.5, 0.6) is 0 Å². The topological polar surface area (TPSA) is 27.7 Å². The molecule has 0 bridgehead atoms. The maximum atomic E-state index is 6.53. The fourth-order valence-electron chi connectivity index (χ4n) is 2.42. The van der Waals surface area contributed by atoms with E-state index in [9.17, 15) is 0 Å². The number of ether oxygens (including phenoxy) is 2. The van der Waals surface area contributed by atoms with Gasteiger partial charge >= 0.3 is 0 Å². The fraction of sp³-hybridized carbons (Fsp3) is 0.600. The van der Waals surface area contributed by atoms with Crippen LogP contribution in [0.3, 0.4) is 0 Å². The van der Waals surface area contributed by atoms with Crippen molar-refractivity contribution in [3.63, 3.8) is 0 Å². The number of hydrogen-bond donors (Lipinski definition) is 0. The molecule has 0 atom stereocenters. The zero-order valence-electron chi connectivity index (χ0n) is 16.8. The normalized spacial score (nSPS) is 13.0. The predicted molar refractivity (Wildman–Crippen MR) is 115 cm³/mol. The van der Waals surface area contributed by atoms with Crippen LogP contribution >= 0.6 is 0 Å². The molecular formula is C20H38O3Si2. The summed E-state index contributed by atoms with van der Waals surface area (Å²) in [5.74, 6) is 0. The number of rotatable bonds is 16. The minimum Gasteiger partial charge on any atom is -0.449 e. The third kappa shape index (κ3) is 16.5. The maximum absolute atomic E-state index is 6.53. The van der Waals surface area contributed by atoms with Gasteiger partial charge in [-0.15, -0.1) is 13.2 Å². The SMILES string of the molecule is C=CCOCCC/C=C/[Si](C)(C)O[Si](C)(C)/C=C/CCCOCC=C. The molecule has 0 aliphatic rings. The molecule has 0 radical (unpaired) electrons. The highest BCUT2D eigenvalue weighted by atomic mass is 28.4. The summed E-state index contributed by atoms with van der Waals surface area (Å²) >= 11 is 0. The van der Waals surface area contributed by atoms with Gasteiger partial charge in [-0.2, -0.15) is 0 Å². The zero-order chi connectivity index (χ0) is 19.0. The average Bonchev–Trinajstić information content (AvgIpc) is 2.52. The van der Waals surface area contributed by atoms with Crippen molar-refractivity contribution in [2.75, 3.05) is 26.4 Å². The molecule has 0 saturated heterocycles. The average molecular weight is 383 g/mol. The van der Waals surface area contributed by atoms with E-state index < -0.39 is 16.6 Å². The Balaban J connectivity index is 4.08. The Morgan fingerprint density at radius 2 is 1.12 bits per heavy atom. The van der Waals surface area contributed by atoms with Gasteiger partial charge in [0.25, 0.3) is 0 Å². The van der Waals surface area contributed by atoms with Crippen molar-refractivity contribution in [3.05, 3.63) is 48.9 Å². The van der Waals surface area contributed by atoms with Crippen LogP contribution in [0.25, 0.3) is 0 Å². The molecule has 0 aromatic rings. The van der Waals surface area contributed by atoms with Gasteiger partial charge in [0.1, 0.15) is 0 Å². The fourth-order valence-corrected chi connectivity index (χ4v) is 9.86. The molecule has 0 aromatic heterocycles. The van der Waals surface area contributed by atoms with Crippen molar-refractivity contribution in [3.8, 4) is 0 Å². The molecule has 0 saturated carbocycles. The molecule has 0 aliphatic heterocycles. The van der Waals surface area contributed by atoms with Gasteiger partial charge in [0.15, 0.2) is 16.6 Å². The molecule has 0 heterocycles. The smallest absolute Gasteiger partial charge is 0.198 e. The maximum Gasteiger partial charge on any atom is 0.198 e. The van der Waals surface area contributed by atoms with Crippen molar-refractivity contribution >= 4 is 16.6 Å². The van der Waals surface area contributed by atoms with Crippen LogP contribution in [-0.4, -0.2) is 43.1 Å². The van der Waals surface area contributed by atoms with Gasteiger partial charge in [-0.3, -0.25) is 0 Å². The van der Waals surface area contributed by atoms with Gasteiger partial charge < -0.3 is 13.6 Å². The number of allylic oxidation sites excluding steroid dienone is 2. The molecule has 0 fully saturated rings. The molecule has 0 rings (SSSR count). The summed E-state index contributed by atoms with van der Waals surface area (Å²) in [5.41, 5.74) is 4.62. The lowest BCUT2D eigenvalue weighted by Crippen LogP contribution is -2.42. The van der Waals surface area contributed by atoms with E-state index in [-0.39, 0.29) is 0 Å². The second-order valence-electron chi connectivity index (χ2n) is 7.13. The van der Waals surface area contributed by atoms with Crippen molar-refractivity contribution in [1.82, 2.24) is 0 Å². The highest BCUT2D eigenvalue weighted by molar-refractivity contribution is 6.89. The Labute approximate surface area is 157 Å². The quantitative estimate of drug-likeness (QED) is 0.198. The minimum atomic E-state index is -1.76. The molecule has 3 nitrogen and oxygen atoms in total. The van der Waals surface area contributed by atoms with Crippen molar-refractivity contribution in [2.24, 2.45) is 0 Å². The van der Waals surface area contributed by atoms with Crippen molar-refractivity contribution < 1.29 is 13.6 Å². The first-order valence-electron chi connectivity index (χ1n) is 9.26. The molecule has 25 heavy (non-hydrogen) atoms. The third-order valence-corrected chi connectivity index (χ3v) is 9.64. The molecule has 5 heteroatoms. The van der Waals surface area contributed by atoms with Crippen LogP contribution in [0.15, 0.2) is 48.9 Å².